The maximum atomic E-state index is 5.32. The van der Waals surface area contributed by atoms with Gasteiger partial charge in [0, 0.05) is 6.54 Å². The molecule has 0 atom stereocenters. The second kappa shape index (κ2) is 5.32. The van der Waals surface area contributed by atoms with Crippen LogP contribution in [0.2, 0.25) is 0 Å². The van der Waals surface area contributed by atoms with Gasteiger partial charge >= 0.3 is 0 Å². The maximum Gasteiger partial charge on any atom is 0.123 e. The molecule has 0 radical (unpaired) electrons. The van der Waals surface area contributed by atoms with Crippen molar-refractivity contribution in [1.82, 2.24) is 10.6 Å². The van der Waals surface area contributed by atoms with E-state index >= 15 is 0 Å². The Morgan fingerprint density at radius 1 is 1.43 bits per heavy atom. The summed E-state index contributed by atoms with van der Waals surface area (Å²) in [6.07, 6.45) is 2.56. The van der Waals surface area contributed by atoms with Gasteiger partial charge in [-0.3, -0.25) is 4.99 Å². The highest BCUT2D eigenvalue weighted by Crippen LogP contribution is 2.09. The zero-order valence-electron chi connectivity index (χ0n) is 8.59. The highest BCUT2D eigenvalue weighted by atomic mass is 16.5. The van der Waals surface area contributed by atoms with E-state index < -0.39 is 0 Å². The molecule has 0 aliphatic carbocycles. The Labute approximate surface area is 85.1 Å². The standard InChI is InChI=1S/C10H19N3O/c1-3-11-4-2-9(1)7-13-10-8-14-6-5-12-10/h9,11H,1-8H2,(H,12,13). The van der Waals surface area contributed by atoms with Crippen molar-refractivity contribution in [3.63, 3.8) is 0 Å². The van der Waals surface area contributed by atoms with Crippen LogP contribution in [-0.4, -0.2) is 45.2 Å². The maximum absolute atomic E-state index is 5.32. The Morgan fingerprint density at radius 3 is 3.00 bits per heavy atom. The van der Waals surface area contributed by atoms with Crippen molar-refractivity contribution in [2.45, 2.75) is 12.8 Å². The molecule has 2 aliphatic heterocycles. The number of nitrogens with one attached hydrogen (secondary N) is 2. The fourth-order valence-electron chi connectivity index (χ4n) is 1.91. The molecular weight excluding hydrogens is 178 g/mol. The molecule has 2 N–H and O–H groups in total. The Balaban J connectivity index is 1.67. The predicted molar refractivity (Wildman–Crippen MR) is 56.7 cm³/mol. The number of ether oxygens (including phenoxy) is 1. The van der Waals surface area contributed by atoms with Crippen LogP contribution in [0, 0.1) is 5.92 Å². The van der Waals surface area contributed by atoms with Crippen LogP contribution in [0.1, 0.15) is 12.8 Å². The summed E-state index contributed by atoms with van der Waals surface area (Å²) in [5, 5.41) is 6.76. The van der Waals surface area contributed by atoms with Crippen molar-refractivity contribution in [3.05, 3.63) is 0 Å². The number of nitrogens with zero attached hydrogens (tertiary/aromatic N) is 1. The molecule has 80 valence electrons. The van der Waals surface area contributed by atoms with Crippen molar-refractivity contribution in [3.8, 4) is 0 Å². The third kappa shape index (κ3) is 2.96. The Hall–Kier alpha value is -0.610. The molecule has 0 aromatic carbocycles. The van der Waals surface area contributed by atoms with Crippen LogP contribution in [0.25, 0.3) is 0 Å². The second-order valence-corrected chi connectivity index (χ2v) is 3.96. The van der Waals surface area contributed by atoms with E-state index in [4.69, 9.17) is 4.74 Å². The minimum atomic E-state index is 0.672. The summed E-state index contributed by atoms with van der Waals surface area (Å²) in [6, 6.07) is 0. The van der Waals surface area contributed by atoms with E-state index in [1.54, 1.807) is 0 Å². The van der Waals surface area contributed by atoms with E-state index in [2.05, 4.69) is 15.6 Å². The third-order valence-corrected chi connectivity index (χ3v) is 2.83. The fourth-order valence-corrected chi connectivity index (χ4v) is 1.91. The average Bonchev–Trinajstić information content (AvgIpc) is 2.29. The molecule has 0 aromatic rings. The summed E-state index contributed by atoms with van der Waals surface area (Å²) in [6.45, 7) is 5.65. The molecule has 0 saturated carbocycles. The molecule has 1 saturated heterocycles. The van der Waals surface area contributed by atoms with Gasteiger partial charge in [-0.2, -0.15) is 0 Å². The zero-order valence-corrected chi connectivity index (χ0v) is 8.59. The average molecular weight is 197 g/mol. The molecule has 0 spiro atoms. The van der Waals surface area contributed by atoms with Gasteiger partial charge in [0.15, 0.2) is 0 Å². The summed E-state index contributed by atoms with van der Waals surface area (Å²) in [7, 11) is 0. The lowest BCUT2D eigenvalue weighted by atomic mass is 9.98. The van der Waals surface area contributed by atoms with Crippen LogP contribution < -0.4 is 10.6 Å². The number of amidine groups is 1. The van der Waals surface area contributed by atoms with E-state index in [9.17, 15) is 0 Å². The van der Waals surface area contributed by atoms with Gasteiger partial charge in [-0.1, -0.05) is 0 Å². The molecule has 1 fully saturated rings. The molecule has 2 heterocycles. The van der Waals surface area contributed by atoms with Crippen molar-refractivity contribution in [1.29, 1.82) is 0 Å². The van der Waals surface area contributed by atoms with E-state index in [0.717, 1.165) is 44.5 Å². The van der Waals surface area contributed by atoms with Crippen molar-refractivity contribution >= 4 is 5.84 Å². The van der Waals surface area contributed by atoms with Gasteiger partial charge < -0.3 is 15.4 Å². The highest BCUT2D eigenvalue weighted by molar-refractivity contribution is 5.83. The monoisotopic (exact) mass is 197 g/mol. The number of hydrogen-bond donors (Lipinski definition) is 2. The molecule has 0 aromatic heterocycles. The summed E-state index contributed by atoms with van der Waals surface area (Å²) >= 11 is 0. The largest absolute Gasteiger partial charge is 0.372 e. The minimum absolute atomic E-state index is 0.672. The number of piperidine rings is 1. The first-order valence-corrected chi connectivity index (χ1v) is 5.51. The topological polar surface area (TPSA) is 45.6 Å². The van der Waals surface area contributed by atoms with Gasteiger partial charge in [-0.15, -0.1) is 0 Å². The fraction of sp³-hybridized carbons (Fsp3) is 0.900. The van der Waals surface area contributed by atoms with Crippen LogP contribution in [0.15, 0.2) is 4.99 Å². The smallest absolute Gasteiger partial charge is 0.123 e. The highest BCUT2D eigenvalue weighted by Gasteiger charge is 2.13. The van der Waals surface area contributed by atoms with Crippen LogP contribution in [-0.2, 0) is 4.74 Å². The quantitative estimate of drug-likeness (QED) is 0.655. The predicted octanol–water partition coefficient (Wildman–Crippen LogP) is 0.00430. The number of rotatable bonds is 2. The molecule has 0 unspecified atom stereocenters. The first-order chi connectivity index (χ1) is 6.95. The zero-order chi connectivity index (χ0) is 9.64. The molecule has 4 heteroatoms. The van der Waals surface area contributed by atoms with E-state index in [1.165, 1.54) is 12.8 Å². The molecule has 2 rings (SSSR count). The molecule has 0 bridgehead atoms. The molecule has 4 nitrogen and oxygen atoms in total. The van der Waals surface area contributed by atoms with Crippen LogP contribution >= 0.6 is 0 Å². The van der Waals surface area contributed by atoms with Gasteiger partial charge in [0.1, 0.15) is 12.4 Å². The van der Waals surface area contributed by atoms with Crippen LogP contribution in [0.3, 0.4) is 0 Å². The lowest BCUT2D eigenvalue weighted by Crippen LogP contribution is -2.38. The summed E-state index contributed by atoms with van der Waals surface area (Å²) < 4.78 is 5.32. The normalized spacial score (nSPS) is 24.4. The van der Waals surface area contributed by atoms with E-state index in [-0.39, 0.29) is 0 Å². The Bertz CT molecular complexity index is 200. The Kier molecular flexibility index (Phi) is 3.77. The van der Waals surface area contributed by atoms with Crippen molar-refractivity contribution in [2.75, 3.05) is 39.4 Å². The first-order valence-electron chi connectivity index (χ1n) is 5.51. The SMILES string of the molecule is C1COCC(NCC2CCNCC2)=N1. The molecule has 2 aliphatic rings. The lowest BCUT2D eigenvalue weighted by Gasteiger charge is -2.24. The second-order valence-electron chi connectivity index (χ2n) is 3.96. The lowest BCUT2D eigenvalue weighted by molar-refractivity contribution is 0.167. The molecule has 0 amide bonds. The van der Waals surface area contributed by atoms with Gasteiger partial charge in [-0.25, -0.2) is 0 Å². The third-order valence-electron chi connectivity index (χ3n) is 2.83. The summed E-state index contributed by atoms with van der Waals surface area (Å²) in [5.74, 6) is 1.84. The first kappa shape index (κ1) is 9.93. The van der Waals surface area contributed by atoms with Gasteiger partial charge in [0.05, 0.1) is 13.2 Å². The van der Waals surface area contributed by atoms with E-state index in [1.807, 2.05) is 0 Å². The van der Waals surface area contributed by atoms with Crippen molar-refractivity contribution in [2.24, 2.45) is 10.9 Å². The van der Waals surface area contributed by atoms with Gasteiger partial charge in [0.25, 0.3) is 0 Å². The number of hydrogen-bond acceptors (Lipinski definition) is 4. The summed E-state index contributed by atoms with van der Waals surface area (Å²) in [4.78, 5) is 4.38. The van der Waals surface area contributed by atoms with Crippen LogP contribution in [0.5, 0.6) is 0 Å². The van der Waals surface area contributed by atoms with Gasteiger partial charge in [-0.05, 0) is 31.8 Å². The Morgan fingerprint density at radius 2 is 2.29 bits per heavy atom. The summed E-state index contributed by atoms with van der Waals surface area (Å²) in [5.41, 5.74) is 0. The van der Waals surface area contributed by atoms with Crippen LogP contribution in [0.4, 0.5) is 0 Å². The molecular formula is C10H19N3O. The number of aliphatic imine (C=N–C) groups is 1. The minimum Gasteiger partial charge on any atom is -0.372 e. The van der Waals surface area contributed by atoms with E-state index in [0.29, 0.717) is 6.61 Å². The molecule has 14 heavy (non-hydrogen) atoms. The van der Waals surface area contributed by atoms with Crippen molar-refractivity contribution < 1.29 is 4.74 Å². The van der Waals surface area contributed by atoms with Gasteiger partial charge in [0.2, 0.25) is 0 Å².